The van der Waals surface area contributed by atoms with Crippen LogP contribution >= 0.6 is 24.8 Å². The molecule has 2 nitrogen and oxygen atoms in total. The van der Waals surface area contributed by atoms with Crippen molar-refractivity contribution in [2.75, 3.05) is 5.43 Å². The van der Waals surface area contributed by atoms with Gasteiger partial charge in [-0.2, -0.15) is 0 Å². The molecule has 0 fully saturated rings. The molecule has 1 aromatic carbocycles. The molecule has 3 N–H and O–H groups in total. The smallest absolute Gasteiger partial charge is 0.123 e. The highest BCUT2D eigenvalue weighted by Crippen LogP contribution is 2.05. The molecule has 1 aromatic rings. The summed E-state index contributed by atoms with van der Waals surface area (Å²) in [7, 11) is 0. The maximum atomic E-state index is 12.2. The third kappa shape index (κ3) is 4.03. The molecule has 0 atom stereocenters. The van der Waals surface area contributed by atoms with Gasteiger partial charge in [0.15, 0.2) is 0 Å². The van der Waals surface area contributed by atoms with Gasteiger partial charge in [-0.05, 0) is 24.3 Å². The lowest BCUT2D eigenvalue weighted by Gasteiger charge is -1.95. The van der Waals surface area contributed by atoms with E-state index < -0.39 is 0 Å². The van der Waals surface area contributed by atoms with Gasteiger partial charge in [-0.3, -0.25) is 5.84 Å². The van der Waals surface area contributed by atoms with Crippen LogP contribution in [0.1, 0.15) is 0 Å². The van der Waals surface area contributed by atoms with Gasteiger partial charge in [0.25, 0.3) is 0 Å². The molecule has 0 radical (unpaired) electrons. The second kappa shape index (κ2) is 6.22. The van der Waals surface area contributed by atoms with Crippen molar-refractivity contribution >= 4 is 30.5 Å². The number of hydrogen-bond donors (Lipinski definition) is 2. The predicted octanol–water partition coefficient (Wildman–Crippen LogP) is 1.95. The molecule has 0 saturated heterocycles. The van der Waals surface area contributed by atoms with Crippen LogP contribution in [0.15, 0.2) is 24.3 Å². The minimum Gasteiger partial charge on any atom is -0.324 e. The molecule has 0 bridgehead atoms. The Morgan fingerprint density at radius 1 is 1.09 bits per heavy atom. The van der Waals surface area contributed by atoms with Gasteiger partial charge >= 0.3 is 0 Å². The summed E-state index contributed by atoms with van der Waals surface area (Å²) in [6.07, 6.45) is 0. The Labute approximate surface area is 76.8 Å². The van der Waals surface area contributed by atoms with Gasteiger partial charge in [0.2, 0.25) is 0 Å². The molecule has 0 aliphatic carbocycles. The Hall–Kier alpha value is -0.510. The Bertz CT molecular complexity index is 190. The molecule has 0 saturated carbocycles. The summed E-state index contributed by atoms with van der Waals surface area (Å²) in [6, 6.07) is 5.81. The first kappa shape index (κ1) is 13.1. The number of rotatable bonds is 1. The summed E-state index contributed by atoms with van der Waals surface area (Å²) in [5.41, 5.74) is 3.09. The van der Waals surface area contributed by atoms with E-state index in [0.717, 1.165) is 0 Å². The van der Waals surface area contributed by atoms with E-state index in [2.05, 4.69) is 5.43 Å². The quantitative estimate of drug-likeness (QED) is 0.535. The lowest BCUT2D eigenvalue weighted by atomic mass is 10.3. The van der Waals surface area contributed by atoms with Crippen molar-refractivity contribution in [3.8, 4) is 0 Å². The predicted molar refractivity (Wildman–Crippen MR) is 48.7 cm³/mol. The fraction of sp³-hybridized carbons (Fsp3) is 0. The maximum Gasteiger partial charge on any atom is 0.123 e. The van der Waals surface area contributed by atoms with Gasteiger partial charge < -0.3 is 5.43 Å². The van der Waals surface area contributed by atoms with Gasteiger partial charge in [-0.15, -0.1) is 24.8 Å². The molecule has 11 heavy (non-hydrogen) atoms. The van der Waals surface area contributed by atoms with E-state index in [1.165, 1.54) is 12.1 Å². The van der Waals surface area contributed by atoms with Crippen molar-refractivity contribution < 1.29 is 4.39 Å². The van der Waals surface area contributed by atoms with E-state index in [9.17, 15) is 4.39 Å². The molecule has 0 aliphatic rings. The lowest BCUT2D eigenvalue weighted by molar-refractivity contribution is 0.628. The summed E-state index contributed by atoms with van der Waals surface area (Å²) in [6.45, 7) is 0. The van der Waals surface area contributed by atoms with E-state index >= 15 is 0 Å². The van der Waals surface area contributed by atoms with Crippen LogP contribution in [0.3, 0.4) is 0 Å². The molecule has 0 amide bonds. The SMILES string of the molecule is Cl.Cl.NNc1ccc(F)cc1. The average molecular weight is 199 g/mol. The molecule has 0 heterocycles. The highest BCUT2D eigenvalue weighted by atomic mass is 35.5. The van der Waals surface area contributed by atoms with E-state index in [0.29, 0.717) is 5.69 Å². The van der Waals surface area contributed by atoms with Crippen LogP contribution < -0.4 is 11.3 Å². The normalized spacial score (nSPS) is 7.45. The van der Waals surface area contributed by atoms with Crippen LogP contribution in [0.5, 0.6) is 0 Å². The van der Waals surface area contributed by atoms with Crippen LogP contribution in [0.4, 0.5) is 10.1 Å². The zero-order valence-electron chi connectivity index (χ0n) is 5.58. The Kier molecular flexibility index (Phi) is 7.41. The highest BCUT2D eigenvalue weighted by Gasteiger charge is 1.87. The second-order valence-corrected chi connectivity index (χ2v) is 1.65. The summed E-state index contributed by atoms with van der Waals surface area (Å²) in [5.74, 6) is 4.77. The number of hydrazine groups is 1. The largest absolute Gasteiger partial charge is 0.324 e. The van der Waals surface area contributed by atoms with E-state index in [4.69, 9.17) is 5.84 Å². The fourth-order valence-corrected chi connectivity index (χ4v) is 0.546. The van der Waals surface area contributed by atoms with Gasteiger partial charge in [0.1, 0.15) is 5.82 Å². The number of nitrogen functional groups attached to an aromatic ring is 1. The van der Waals surface area contributed by atoms with E-state index in [1.54, 1.807) is 12.1 Å². The molecule has 5 heteroatoms. The first-order chi connectivity index (χ1) is 4.33. The minimum absolute atomic E-state index is 0. The summed E-state index contributed by atoms with van der Waals surface area (Å²) in [4.78, 5) is 0. The average Bonchev–Trinajstić information content (AvgIpc) is 1.90. The highest BCUT2D eigenvalue weighted by molar-refractivity contribution is 5.85. The van der Waals surface area contributed by atoms with Gasteiger partial charge in [0, 0.05) is 5.69 Å². The fourth-order valence-electron chi connectivity index (χ4n) is 0.546. The van der Waals surface area contributed by atoms with Crippen LogP contribution in [0.25, 0.3) is 0 Å². The standard InChI is InChI=1S/C6H7FN2.2ClH/c7-5-1-3-6(9-8)4-2-5;;/h1-4,9H,8H2;2*1H. The maximum absolute atomic E-state index is 12.2. The minimum atomic E-state index is -0.256. The Balaban J connectivity index is 0. The van der Waals surface area contributed by atoms with Gasteiger partial charge in [-0.1, -0.05) is 0 Å². The second-order valence-electron chi connectivity index (χ2n) is 1.65. The van der Waals surface area contributed by atoms with Crippen molar-refractivity contribution in [2.24, 2.45) is 5.84 Å². The van der Waals surface area contributed by atoms with Crippen LogP contribution in [-0.2, 0) is 0 Å². The summed E-state index contributed by atoms with van der Waals surface area (Å²) < 4.78 is 12.2. The third-order valence-electron chi connectivity index (χ3n) is 1.01. The summed E-state index contributed by atoms with van der Waals surface area (Å²) in [5, 5.41) is 0. The third-order valence-corrected chi connectivity index (χ3v) is 1.01. The van der Waals surface area contributed by atoms with E-state index in [-0.39, 0.29) is 30.6 Å². The van der Waals surface area contributed by atoms with Crippen molar-refractivity contribution in [3.63, 3.8) is 0 Å². The molecule has 1 rings (SSSR count). The zero-order chi connectivity index (χ0) is 6.69. The van der Waals surface area contributed by atoms with Crippen molar-refractivity contribution in [2.45, 2.75) is 0 Å². The number of nitrogens with one attached hydrogen (secondary N) is 1. The molecule has 64 valence electrons. The molecule has 0 unspecified atom stereocenters. The van der Waals surface area contributed by atoms with Crippen molar-refractivity contribution in [3.05, 3.63) is 30.1 Å². The molecular formula is C6H9Cl2FN2. The molecule has 0 aromatic heterocycles. The number of anilines is 1. The number of hydrogen-bond acceptors (Lipinski definition) is 2. The van der Waals surface area contributed by atoms with Crippen molar-refractivity contribution in [1.82, 2.24) is 0 Å². The zero-order valence-corrected chi connectivity index (χ0v) is 7.21. The number of benzene rings is 1. The van der Waals surface area contributed by atoms with Crippen molar-refractivity contribution in [1.29, 1.82) is 0 Å². The van der Waals surface area contributed by atoms with Gasteiger partial charge in [0.05, 0.1) is 0 Å². The molecule has 0 aliphatic heterocycles. The topological polar surface area (TPSA) is 38.0 Å². The lowest BCUT2D eigenvalue weighted by Crippen LogP contribution is -2.05. The molecular weight excluding hydrogens is 190 g/mol. The first-order valence-corrected chi connectivity index (χ1v) is 2.55. The Morgan fingerprint density at radius 2 is 1.55 bits per heavy atom. The first-order valence-electron chi connectivity index (χ1n) is 2.55. The monoisotopic (exact) mass is 198 g/mol. The van der Waals surface area contributed by atoms with Crippen LogP contribution in [-0.4, -0.2) is 0 Å². The Morgan fingerprint density at radius 3 is 1.91 bits per heavy atom. The van der Waals surface area contributed by atoms with Gasteiger partial charge in [-0.25, -0.2) is 4.39 Å². The number of halogens is 3. The van der Waals surface area contributed by atoms with Crippen LogP contribution in [0, 0.1) is 5.82 Å². The van der Waals surface area contributed by atoms with E-state index in [1.807, 2.05) is 0 Å². The number of nitrogens with two attached hydrogens (primary N) is 1. The van der Waals surface area contributed by atoms with Crippen LogP contribution in [0.2, 0.25) is 0 Å². The summed E-state index contributed by atoms with van der Waals surface area (Å²) >= 11 is 0. The molecule has 0 spiro atoms.